The molecule has 0 aromatic heterocycles. The predicted molar refractivity (Wildman–Crippen MR) is 106 cm³/mol. The smallest absolute Gasteiger partial charge is 0.323 e. The zero-order chi connectivity index (χ0) is 19.6. The monoisotopic (exact) mass is 407 g/mol. The molecule has 0 unspecified atom stereocenters. The number of amides is 2. The molecule has 0 fully saturated rings. The molecule has 3 rings (SSSR count). The number of nitrogens with one attached hydrogen (secondary N) is 2. The second-order valence-corrected chi connectivity index (χ2v) is 7.38. The summed E-state index contributed by atoms with van der Waals surface area (Å²) in [6, 6.07) is 10.6. The SMILES string of the molecule is CN1Cc2c(Cl)cc(Cl)cc2[C@@H](c2cccc(NC(=O)NCC(=O)O)c2)C1. The lowest BCUT2D eigenvalue weighted by atomic mass is 9.84. The number of carbonyl (C=O) groups is 2. The van der Waals surface area contributed by atoms with E-state index in [1.54, 1.807) is 12.1 Å². The molecule has 2 aromatic carbocycles. The number of halogens is 2. The summed E-state index contributed by atoms with van der Waals surface area (Å²) in [5.74, 6) is -1.05. The van der Waals surface area contributed by atoms with Gasteiger partial charge >= 0.3 is 12.0 Å². The largest absolute Gasteiger partial charge is 0.480 e. The van der Waals surface area contributed by atoms with Crippen molar-refractivity contribution in [2.45, 2.75) is 12.5 Å². The molecule has 0 saturated carbocycles. The summed E-state index contributed by atoms with van der Waals surface area (Å²) < 4.78 is 0. The van der Waals surface area contributed by atoms with Gasteiger partial charge in [-0.2, -0.15) is 0 Å². The molecule has 3 N–H and O–H groups in total. The first-order valence-corrected chi connectivity index (χ1v) is 9.12. The van der Waals surface area contributed by atoms with Crippen LogP contribution in [0, 0.1) is 0 Å². The van der Waals surface area contributed by atoms with Crippen molar-refractivity contribution in [2.75, 3.05) is 25.5 Å². The summed E-state index contributed by atoms with van der Waals surface area (Å²) >= 11 is 12.6. The highest BCUT2D eigenvalue weighted by molar-refractivity contribution is 6.35. The molecular weight excluding hydrogens is 389 g/mol. The van der Waals surface area contributed by atoms with Crippen molar-refractivity contribution in [2.24, 2.45) is 0 Å². The van der Waals surface area contributed by atoms with Crippen LogP contribution in [0.4, 0.5) is 10.5 Å². The number of rotatable bonds is 4. The normalized spacial score (nSPS) is 16.5. The van der Waals surface area contributed by atoms with Gasteiger partial charge in [-0.25, -0.2) is 4.79 Å². The quantitative estimate of drug-likeness (QED) is 0.720. The molecule has 0 spiro atoms. The lowest BCUT2D eigenvalue weighted by Crippen LogP contribution is -2.33. The highest BCUT2D eigenvalue weighted by Gasteiger charge is 2.27. The molecule has 2 aromatic rings. The minimum atomic E-state index is -1.10. The molecular formula is C19H19Cl2N3O3. The Hall–Kier alpha value is -2.28. The maximum absolute atomic E-state index is 11.8. The first-order chi connectivity index (χ1) is 12.8. The van der Waals surface area contributed by atoms with Crippen LogP contribution in [0.2, 0.25) is 10.0 Å². The van der Waals surface area contributed by atoms with Gasteiger partial charge in [0, 0.05) is 34.7 Å². The molecule has 2 amide bonds. The lowest BCUT2D eigenvalue weighted by Gasteiger charge is -2.33. The summed E-state index contributed by atoms with van der Waals surface area (Å²) in [7, 11) is 2.03. The number of carbonyl (C=O) groups excluding carboxylic acids is 1. The Morgan fingerprint density at radius 1 is 1.26 bits per heavy atom. The van der Waals surface area contributed by atoms with Crippen LogP contribution in [0.5, 0.6) is 0 Å². The van der Waals surface area contributed by atoms with Crippen molar-refractivity contribution in [1.82, 2.24) is 10.2 Å². The fourth-order valence-electron chi connectivity index (χ4n) is 3.29. The number of fused-ring (bicyclic) bond motifs is 1. The first-order valence-electron chi connectivity index (χ1n) is 8.36. The maximum Gasteiger partial charge on any atom is 0.323 e. The second kappa shape index (κ2) is 8.17. The number of carboxylic acids is 1. The van der Waals surface area contributed by atoms with Crippen molar-refractivity contribution in [3.63, 3.8) is 0 Å². The number of urea groups is 1. The summed E-state index contributed by atoms with van der Waals surface area (Å²) in [5, 5.41) is 14.8. The Balaban J connectivity index is 1.87. The molecule has 6 nitrogen and oxygen atoms in total. The van der Waals surface area contributed by atoms with Crippen LogP contribution in [0.3, 0.4) is 0 Å². The Bertz CT molecular complexity index is 888. The third-order valence-corrected chi connectivity index (χ3v) is 4.99. The van der Waals surface area contributed by atoms with Gasteiger partial charge in [0.05, 0.1) is 0 Å². The number of likely N-dealkylation sites (N-methyl/N-ethyl adjacent to an activating group) is 1. The third kappa shape index (κ3) is 4.71. The first kappa shape index (κ1) is 19.5. The number of hydrogen-bond donors (Lipinski definition) is 3. The highest BCUT2D eigenvalue weighted by Crippen LogP contribution is 2.38. The van der Waals surface area contributed by atoms with Crippen LogP contribution >= 0.6 is 23.2 Å². The zero-order valence-electron chi connectivity index (χ0n) is 14.6. The van der Waals surface area contributed by atoms with Gasteiger partial charge in [-0.15, -0.1) is 0 Å². The van der Waals surface area contributed by atoms with E-state index in [9.17, 15) is 9.59 Å². The van der Waals surface area contributed by atoms with Crippen LogP contribution in [0.1, 0.15) is 22.6 Å². The molecule has 0 bridgehead atoms. The van der Waals surface area contributed by atoms with E-state index in [1.165, 1.54) is 0 Å². The van der Waals surface area contributed by atoms with Gasteiger partial charge in [-0.3, -0.25) is 4.79 Å². The van der Waals surface area contributed by atoms with Crippen molar-refractivity contribution >= 4 is 40.9 Å². The van der Waals surface area contributed by atoms with E-state index in [2.05, 4.69) is 15.5 Å². The fourth-order valence-corrected chi connectivity index (χ4v) is 3.86. The lowest BCUT2D eigenvalue weighted by molar-refractivity contribution is -0.135. The summed E-state index contributed by atoms with van der Waals surface area (Å²) in [4.78, 5) is 24.6. The minimum absolute atomic E-state index is 0.0544. The van der Waals surface area contributed by atoms with E-state index >= 15 is 0 Å². The van der Waals surface area contributed by atoms with E-state index in [0.29, 0.717) is 15.7 Å². The van der Waals surface area contributed by atoms with Gasteiger partial charge in [-0.05, 0) is 48.0 Å². The summed E-state index contributed by atoms with van der Waals surface area (Å²) in [6.45, 7) is 1.10. The van der Waals surface area contributed by atoms with Crippen LogP contribution < -0.4 is 10.6 Å². The third-order valence-electron chi connectivity index (χ3n) is 4.44. The summed E-state index contributed by atoms with van der Waals surface area (Å²) in [5.41, 5.74) is 3.73. The van der Waals surface area contributed by atoms with Gasteiger partial charge in [0.1, 0.15) is 6.54 Å². The van der Waals surface area contributed by atoms with E-state index in [4.69, 9.17) is 28.3 Å². The Morgan fingerprint density at radius 2 is 2.04 bits per heavy atom. The number of carboxylic acid groups (broad SMARTS) is 1. The molecule has 1 atom stereocenters. The molecule has 1 aliphatic rings. The van der Waals surface area contributed by atoms with Gasteiger partial charge in [0.25, 0.3) is 0 Å². The molecule has 27 heavy (non-hydrogen) atoms. The molecule has 0 radical (unpaired) electrons. The van der Waals surface area contributed by atoms with Gasteiger partial charge < -0.3 is 20.6 Å². The molecule has 0 aliphatic carbocycles. The van der Waals surface area contributed by atoms with Crippen LogP contribution in [0.25, 0.3) is 0 Å². The predicted octanol–water partition coefficient (Wildman–Crippen LogP) is 3.78. The van der Waals surface area contributed by atoms with E-state index in [-0.39, 0.29) is 5.92 Å². The van der Waals surface area contributed by atoms with Crippen LogP contribution in [-0.4, -0.2) is 42.1 Å². The van der Waals surface area contributed by atoms with Gasteiger partial charge in [0.15, 0.2) is 0 Å². The van der Waals surface area contributed by atoms with Crippen molar-refractivity contribution in [3.8, 4) is 0 Å². The Kier molecular flexibility index (Phi) is 5.89. The van der Waals surface area contributed by atoms with Crippen molar-refractivity contribution in [1.29, 1.82) is 0 Å². The van der Waals surface area contributed by atoms with Gasteiger partial charge in [0.2, 0.25) is 0 Å². The molecule has 1 aliphatic heterocycles. The highest BCUT2D eigenvalue weighted by atomic mass is 35.5. The van der Waals surface area contributed by atoms with Crippen molar-refractivity contribution < 1.29 is 14.7 Å². The molecule has 142 valence electrons. The van der Waals surface area contributed by atoms with E-state index in [0.717, 1.165) is 29.8 Å². The number of nitrogens with zero attached hydrogens (tertiary/aromatic N) is 1. The number of anilines is 1. The maximum atomic E-state index is 11.8. The van der Waals surface area contributed by atoms with Crippen LogP contribution in [-0.2, 0) is 11.3 Å². The van der Waals surface area contributed by atoms with Gasteiger partial charge in [-0.1, -0.05) is 35.3 Å². The van der Waals surface area contributed by atoms with E-state index in [1.807, 2.05) is 31.3 Å². The second-order valence-electron chi connectivity index (χ2n) is 6.53. The topological polar surface area (TPSA) is 81.7 Å². The number of hydrogen-bond acceptors (Lipinski definition) is 3. The van der Waals surface area contributed by atoms with Crippen molar-refractivity contribution in [3.05, 3.63) is 63.1 Å². The average Bonchev–Trinajstić information content (AvgIpc) is 2.60. The Morgan fingerprint density at radius 3 is 2.78 bits per heavy atom. The minimum Gasteiger partial charge on any atom is -0.480 e. The van der Waals surface area contributed by atoms with Crippen LogP contribution in [0.15, 0.2) is 36.4 Å². The van der Waals surface area contributed by atoms with E-state index < -0.39 is 18.5 Å². The Labute approximate surface area is 167 Å². The molecule has 1 heterocycles. The fraction of sp³-hybridized carbons (Fsp3) is 0.263. The number of benzene rings is 2. The average molecular weight is 408 g/mol. The zero-order valence-corrected chi connectivity index (χ0v) is 16.1. The molecule has 0 saturated heterocycles. The number of aliphatic carboxylic acids is 1. The summed E-state index contributed by atoms with van der Waals surface area (Å²) in [6.07, 6.45) is 0. The molecule has 8 heteroatoms. The standard InChI is InChI=1S/C19H19Cl2N3O3/c1-24-9-15(14-6-12(20)7-17(21)16(14)10-24)11-3-2-4-13(5-11)23-19(27)22-8-18(25)26/h2-7,15H,8-10H2,1H3,(H,25,26)(H2,22,23,27)/t15-/m1/s1.